The molecule has 2 heteroatoms. The summed E-state index contributed by atoms with van der Waals surface area (Å²) in [6.45, 7) is 9.04. The molecule has 0 unspecified atom stereocenters. The molecule has 2 nitrogen and oxygen atoms in total. The number of hydrogen-bond acceptors (Lipinski definition) is 2. The lowest BCUT2D eigenvalue weighted by atomic mass is 9.83. The lowest BCUT2D eigenvalue weighted by Gasteiger charge is -2.42. The van der Waals surface area contributed by atoms with E-state index in [1.165, 1.54) is 32.1 Å². The molecule has 0 bridgehead atoms. The lowest BCUT2D eigenvalue weighted by molar-refractivity contribution is -0.0853. The summed E-state index contributed by atoms with van der Waals surface area (Å²) in [4.78, 5) is 2.69. The molecular formula is C14H27NO. The van der Waals surface area contributed by atoms with Gasteiger partial charge < -0.3 is 4.74 Å². The van der Waals surface area contributed by atoms with E-state index in [1.807, 2.05) is 0 Å². The summed E-state index contributed by atoms with van der Waals surface area (Å²) in [5, 5.41) is 0. The molecule has 2 rings (SSSR count). The van der Waals surface area contributed by atoms with Crippen LogP contribution in [0.15, 0.2) is 0 Å². The molecule has 0 radical (unpaired) electrons. The van der Waals surface area contributed by atoms with Crippen molar-refractivity contribution in [1.82, 2.24) is 4.90 Å². The number of nitrogens with zero attached hydrogens (tertiary/aromatic N) is 1. The van der Waals surface area contributed by atoms with Crippen LogP contribution in [0.2, 0.25) is 0 Å². The predicted octanol–water partition coefficient (Wildman–Crippen LogP) is 3.06. The monoisotopic (exact) mass is 225 g/mol. The quantitative estimate of drug-likeness (QED) is 0.716. The normalized spacial score (nSPS) is 42.2. The Morgan fingerprint density at radius 3 is 2.06 bits per heavy atom. The van der Waals surface area contributed by atoms with Gasteiger partial charge in [0.1, 0.15) is 0 Å². The van der Waals surface area contributed by atoms with E-state index in [9.17, 15) is 0 Å². The fourth-order valence-corrected chi connectivity index (χ4v) is 3.43. The van der Waals surface area contributed by atoms with E-state index in [-0.39, 0.29) is 0 Å². The summed E-state index contributed by atoms with van der Waals surface area (Å²) < 4.78 is 5.81. The van der Waals surface area contributed by atoms with E-state index in [2.05, 4.69) is 25.7 Å². The first-order valence-electron chi connectivity index (χ1n) is 7.08. The molecule has 1 aliphatic heterocycles. The van der Waals surface area contributed by atoms with Crippen molar-refractivity contribution < 1.29 is 4.74 Å². The van der Waals surface area contributed by atoms with Crippen LogP contribution in [0, 0.1) is 5.92 Å². The Bertz CT molecular complexity index is 201. The highest BCUT2D eigenvalue weighted by Crippen LogP contribution is 2.30. The Morgan fingerprint density at radius 1 is 1.00 bits per heavy atom. The Hall–Kier alpha value is -0.0800. The minimum Gasteiger partial charge on any atom is -0.373 e. The van der Waals surface area contributed by atoms with Gasteiger partial charge in [-0.05, 0) is 45.4 Å². The van der Waals surface area contributed by atoms with Crippen molar-refractivity contribution in [1.29, 1.82) is 0 Å². The second kappa shape index (κ2) is 5.50. The number of hydrogen-bond donors (Lipinski definition) is 0. The van der Waals surface area contributed by atoms with Crippen LogP contribution in [0.5, 0.6) is 0 Å². The molecule has 0 aromatic heterocycles. The summed E-state index contributed by atoms with van der Waals surface area (Å²) in [6.07, 6.45) is 7.95. The molecule has 0 aromatic carbocycles. The van der Waals surface area contributed by atoms with E-state index in [0.717, 1.165) is 25.0 Å². The Kier molecular flexibility index (Phi) is 4.26. The minimum absolute atomic E-state index is 0.424. The third-order valence-corrected chi connectivity index (χ3v) is 4.36. The first-order chi connectivity index (χ1) is 7.69. The molecule has 1 heterocycles. The molecule has 1 saturated carbocycles. The maximum Gasteiger partial charge on any atom is 0.0678 e. The Balaban J connectivity index is 1.83. The van der Waals surface area contributed by atoms with Crippen LogP contribution < -0.4 is 0 Å². The van der Waals surface area contributed by atoms with Crippen molar-refractivity contribution in [3.8, 4) is 0 Å². The Morgan fingerprint density at radius 2 is 1.56 bits per heavy atom. The molecule has 1 saturated heterocycles. The SMILES string of the molecule is CCC1CCC(N2C[C@H](C)O[C@@H](C)C2)CC1. The molecule has 0 amide bonds. The van der Waals surface area contributed by atoms with E-state index in [0.29, 0.717) is 12.2 Å². The van der Waals surface area contributed by atoms with Gasteiger partial charge in [-0.3, -0.25) is 4.90 Å². The van der Waals surface area contributed by atoms with Crippen molar-refractivity contribution in [2.45, 2.75) is 71.1 Å². The van der Waals surface area contributed by atoms with Crippen LogP contribution in [-0.4, -0.2) is 36.2 Å². The summed E-state index contributed by atoms with van der Waals surface area (Å²) in [5.41, 5.74) is 0. The third-order valence-electron chi connectivity index (χ3n) is 4.36. The summed E-state index contributed by atoms with van der Waals surface area (Å²) in [7, 11) is 0. The highest BCUT2D eigenvalue weighted by Gasteiger charge is 2.30. The van der Waals surface area contributed by atoms with Gasteiger partial charge in [0.2, 0.25) is 0 Å². The molecule has 2 fully saturated rings. The van der Waals surface area contributed by atoms with Gasteiger partial charge in [0.25, 0.3) is 0 Å². The van der Waals surface area contributed by atoms with Gasteiger partial charge in [-0.25, -0.2) is 0 Å². The van der Waals surface area contributed by atoms with E-state index >= 15 is 0 Å². The van der Waals surface area contributed by atoms with Crippen LogP contribution in [0.1, 0.15) is 52.9 Å². The van der Waals surface area contributed by atoms with Crippen LogP contribution in [0.4, 0.5) is 0 Å². The highest BCUT2D eigenvalue weighted by molar-refractivity contribution is 4.83. The minimum atomic E-state index is 0.424. The van der Waals surface area contributed by atoms with Gasteiger partial charge in [-0.15, -0.1) is 0 Å². The van der Waals surface area contributed by atoms with E-state index in [1.54, 1.807) is 0 Å². The average Bonchev–Trinajstić information content (AvgIpc) is 2.28. The number of morpholine rings is 1. The number of rotatable bonds is 2. The second-order valence-corrected chi connectivity index (χ2v) is 5.79. The van der Waals surface area contributed by atoms with Crippen molar-refractivity contribution in [3.05, 3.63) is 0 Å². The zero-order valence-corrected chi connectivity index (χ0v) is 11.1. The second-order valence-electron chi connectivity index (χ2n) is 5.79. The first kappa shape index (κ1) is 12.4. The summed E-state index contributed by atoms with van der Waals surface area (Å²) in [6, 6.07) is 0.844. The molecular weight excluding hydrogens is 198 g/mol. The predicted molar refractivity (Wildman–Crippen MR) is 67.6 cm³/mol. The lowest BCUT2D eigenvalue weighted by Crippen LogP contribution is -2.50. The smallest absolute Gasteiger partial charge is 0.0678 e. The van der Waals surface area contributed by atoms with Crippen molar-refractivity contribution in [2.75, 3.05) is 13.1 Å². The molecule has 94 valence electrons. The zero-order chi connectivity index (χ0) is 11.5. The Labute approximate surface area is 100 Å². The largest absolute Gasteiger partial charge is 0.373 e. The maximum atomic E-state index is 5.81. The van der Waals surface area contributed by atoms with Gasteiger partial charge in [0.15, 0.2) is 0 Å². The van der Waals surface area contributed by atoms with Gasteiger partial charge >= 0.3 is 0 Å². The molecule has 16 heavy (non-hydrogen) atoms. The third kappa shape index (κ3) is 2.98. The van der Waals surface area contributed by atoms with E-state index in [4.69, 9.17) is 4.74 Å². The van der Waals surface area contributed by atoms with Crippen LogP contribution >= 0.6 is 0 Å². The fourth-order valence-electron chi connectivity index (χ4n) is 3.43. The summed E-state index contributed by atoms with van der Waals surface area (Å²) >= 11 is 0. The number of ether oxygens (including phenoxy) is 1. The highest BCUT2D eigenvalue weighted by atomic mass is 16.5. The van der Waals surface area contributed by atoms with Crippen molar-refractivity contribution in [3.63, 3.8) is 0 Å². The van der Waals surface area contributed by atoms with Crippen molar-refractivity contribution >= 4 is 0 Å². The molecule has 1 aliphatic carbocycles. The molecule has 0 N–H and O–H groups in total. The van der Waals surface area contributed by atoms with Crippen LogP contribution in [0.25, 0.3) is 0 Å². The molecule has 2 aliphatic rings. The first-order valence-corrected chi connectivity index (χ1v) is 7.08. The standard InChI is InChI=1S/C14H27NO/c1-4-13-5-7-14(8-6-13)15-9-11(2)16-12(3)10-15/h11-14H,4-10H2,1-3H3/t11-,12-,13?,14?/m0/s1. The maximum absolute atomic E-state index is 5.81. The molecule has 0 aromatic rings. The topological polar surface area (TPSA) is 12.5 Å². The molecule has 2 atom stereocenters. The van der Waals surface area contributed by atoms with Gasteiger partial charge in [0, 0.05) is 19.1 Å². The zero-order valence-electron chi connectivity index (χ0n) is 11.1. The van der Waals surface area contributed by atoms with Crippen molar-refractivity contribution in [2.24, 2.45) is 5.92 Å². The summed E-state index contributed by atoms with van der Waals surface area (Å²) in [5.74, 6) is 1.01. The van der Waals surface area contributed by atoms with Crippen LogP contribution in [0.3, 0.4) is 0 Å². The fraction of sp³-hybridized carbons (Fsp3) is 1.00. The van der Waals surface area contributed by atoms with E-state index < -0.39 is 0 Å². The molecule has 0 spiro atoms. The van der Waals surface area contributed by atoms with Gasteiger partial charge in [-0.1, -0.05) is 13.3 Å². The van der Waals surface area contributed by atoms with Gasteiger partial charge in [0.05, 0.1) is 12.2 Å². The average molecular weight is 225 g/mol. The van der Waals surface area contributed by atoms with Crippen LogP contribution in [-0.2, 0) is 4.74 Å². The van der Waals surface area contributed by atoms with Gasteiger partial charge in [-0.2, -0.15) is 0 Å².